The smallest absolute Gasteiger partial charge is 0.144 e. The van der Waals surface area contributed by atoms with Gasteiger partial charge < -0.3 is 9.47 Å². The first-order chi connectivity index (χ1) is 9.85. The molecule has 1 unspecified atom stereocenters. The molecule has 0 radical (unpaired) electrons. The first kappa shape index (κ1) is 16.5. The molecule has 1 aromatic heterocycles. The summed E-state index contributed by atoms with van der Waals surface area (Å²) in [6.07, 6.45) is 0. The van der Waals surface area contributed by atoms with Gasteiger partial charge in [-0.15, -0.1) is 11.6 Å². The van der Waals surface area contributed by atoms with E-state index in [1.54, 1.807) is 6.07 Å². The minimum absolute atomic E-state index is 0.108. The van der Waals surface area contributed by atoms with Crippen molar-refractivity contribution in [3.8, 4) is 0 Å². The number of benzene rings is 1. The Kier molecular flexibility index (Phi) is 5.12. The third kappa shape index (κ3) is 3.33. The second kappa shape index (κ2) is 6.51. The van der Waals surface area contributed by atoms with Gasteiger partial charge in [-0.25, -0.2) is 9.37 Å². The van der Waals surface area contributed by atoms with Crippen molar-refractivity contribution in [2.45, 2.75) is 25.8 Å². The fourth-order valence-corrected chi connectivity index (χ4v) is 2.92. The first-order valence-electron chi connectivity index (χ1n) is 6.91. The van der Waals surface area contributed by atoms with E-state index in [1.807, 2.05) is 14.1 Å². The van der Waals surface area contributed by atoms with Gasteiger partial charge in [0.1, 0.15) is 11.6 Å². The molecule has 1 atom stereocenters. The quantitative estimate of drug-likeness (QED) is 0.760. The summed E-state index contributed by atoms with van der Waals surface area (Å²) in [5, 5.41) is 0.108. The summed E-state index contributed by atoms with van der Waals surface area (Å²) in [6.45, 7) is 5.16. The summed E-state index contributed by atoms with van der Waals surface area (Å²) < 4.78 is 15.7. The third-order valence-corrected chi connectivity index (χ3v) is 4.11. The highest BCUT2D eigenvalue weighted by molar-refractivity contribution is 6.31. The predicted molar refractivity (Wildman–Crippen MR) is 86.7 cm³/mol. The van der Waals surface area contributed by atoms with Gasteiger partial charge in [0.05, 0.1) is 28.0 Å². The van der Waals surface area contributed by atoms with Gasteiger partial charge in [0.2, 0.25) is 0 Å². The van der Waals surface area contributed by atoms with Crippen LogP contribution in [0.4, 0.5) is 4.39 Å². The lowest BCUT2D eigenvalue weighted by Gasteiger charge is -2.28. The van der Waals surface area contributed by atoms with Gasteiger partial charge in [0, 0.05) is 12.6 Å². The molecular formula is C15H20Cl2FN3. The number of hydrogen-bond acceptors (Lipinski definition) is 2. The Labute approximate surface area is 134 Å². The number of rotatable bonds is 5. The minimum atomic E-state index is -0.455. The molecule has 0 N–H and O–H groups in total. The lowest BCUT2D eigenvalue weighted by molar-refractivity contribution is 0.270. The molecule has 0 saturated carbocycles. The minimum Gasteiger partial charge on any atom is -0.322 e. The third-order valence-electron chi connectivity index (χ3n) is 3.58. The number of halogens is 3. The zero-order valence-corrected chi connectivity index (χ0v) is 14.2. The van der Waals surface area contributed by atoms with Crippen molar-refractivity contribution in [3.63, 3.8) is 0 Å². The van der Waals surface area contributed by atoms with Crippen LogP contribution < -0.4 is 0 Å². The molecule has 1 heterocycles. The molecule has 0 saturated heterocycles. The zero-order chi connectivity index (χ0) is 15.7. The normalized spacial score (nSPS) is 13.6. The van der Waals surface area contributed by atoms with E-state index in [0.717, 1.165) is 17.9 Å². The Morgan fingerprint density at radius 1 is 1.33 bits per heavy atom. The molecule has 2 rings (SSSR count). The van der Waals surface area contributed by atoms with Gasteiger partial charge in [-0.3, -0.25) is 0 Å². The maximum atomic E-state index is 13.6. The van der Waals surface area contributed by atoms with Gasteiger partial charge in [0.15, 0.2) is 0 Å². The number of alkyl halides is 1. The van der Waals surface area contributed by atoms with Crippen LogP contribution in [-0.4, -0.2) is 35.1 Å². The second-order valence-corrected chi connectivity index (χ2v) is 6.53. The van der Waals surface area contributed by atoms with Crippen LogP contribution in [0.15, 0.2) is 12.1 Å². The van der Waals surface area contributed by atoms with E-state index in [9.17, 15) is 4.39 Å². The van der Waals surface area contributed by atoms with Gasteiger partial charge >= 0.3 is 0 Å². The van der Waals surface area contributed by atoms with E-state index >= 15 is 0 Å². The van der Waals surface area contributed by atoms with Crippen molar-refractivity contribution in [2.24, 2.45) is 5.92 Å². The van der Waals surface area contributed by atoms with E-state index < -0.39 is 5.82 Å². The Morgan fingerprint density at radius 3 is 2.52 bits per heavy atom. The maximum Gasteiger partial charge on any atom is 0.144 e. The fraction of sp³-hybridized carbons (Fsp3) is 0.533. The van der Waals surface area contributed by atoms with Gasteiger partial charge in [-0.05, 0) is 26.1 Å². The van der Waals surface area contributed by atoms with E-state index in [0.29, 0.717) is 11.4 Å². The van der Waals surface area contributed by atoms with Crippen LogP contribution in [0.5, 0.6) is 0 Å². The molecule has 0 spiro atoms. The SMILES string of the molecule is CC(C)C(CN(C)C)n1c(CCl)nc2cc(F)c(Cl)cc21. The number of fused-ring (bicyclic) bond motifs is 1. The molecule has 0 bridgehead atoms. The molecule has 2 aromatic rings. The summed E-state index contributed by atoms with van der Waals surface area (Å²) >= 11 is 12.0. The van der Waals surface area contributed by atoms with Crippen LogP contribution in [0.3, 0.4) is 0 Å². The lowest BCUT2D eigenvalue weighted by Crippen LogP contribution is -2.29. The highest BCUT2D eigenvalue weighted by Crippen LogP contribution is 2.30. The highest BCUT2D eigenvalue weighted by atomic mass is 35.5. The molecule has 0 fully saturated rings. The summed E-state index contributed by atoms with van der Waals surface area (Å²) in [5.74, 6) is 0.956. The summed E-state index contributed by atoms with van der Waals surface area (Å²) in [6, 6.07) is 3.21. The van der Waals surface area contributed by atoms with Crippen molar-refractivity contribution >= 4 is 34.2 Å². The number of aromatic nitrogens is 2. The van der Waals surface area contributed by atoms with Crippen molar-refractivity contribution in [2.75, 3.05) is 20.6 Å². The van der Waals surface area contributed by atoms with Crippen molar-refractivity contribution < 1.29 is 4.39 Å². The average molecular weight is 332 g/mol. The monoisotopic (exact) mass is 331 g/mol. The summed E-state index contributed by atoms with van der Waals surface area (Å²) in [7, 11) is 4.06. The van der Waals surface area contributed by atoms with E-state index in [-0.39, 0.29) is 16.9 Å². The molecular weight excluding hydrogens is 312 g/mol. The summed E-state index contributed by atoms with van der Waals surface area (Å²) in [4.78, 5) is 6.58. The Hall–Kier alpha value is -0.840. The Bertz CT molecular complexity index is 637. The number of hydrogen-bond donors (Lipinski definition) is 0. The number of nitrogens with zero attached hydrogens (tertiary/aromatic N) is 3. The standard InChI is InChI=1S/C15H20Cl2FN3/c1-9(2)14(8-20(3)4)21-13-5-10(17)11(18)6-12(13)19-15(21)7-16/h5-6,9,14H,7-8H2,1-4H3. The average Bonchev–Trinajstić information content (AvgIpc) is 2.73. The second-order valence-electron chi connectivity index (χ2n) is 5.86. The van der Waals surface area contributed by atoms with Gasteiger partial charge in [-0.2, -0.15) is 0 Å². The highest BCUT2D eigenvalue weighted by Gasteiger charge is 2.23. The van der Waals surface area contributed by atoms with Crippen molar-refractivity contribution in [3.05, 3.63) is 28.8 Å². The Morgan fingerprint density at radius 2 is 2.00 bits per heavy atom. The molecule has 1 aromatic carbocycles. The van der Waals surface area contributed by atoms with Crippen LogP contribution >= 0.6 is 23.2 Å². The van der Waals surface area contributed by atoms with Crippen LogP contribution in [-0.2, 0) is 5.88 Å². The molecule has 6 heteroatoms. The van der Waals surface area contributed by atoms with E-state index in [4.69, 9.17) is 23.2 Å². The predicted octanol–water partition coefficient (Wildman–Crippen LogP) is 4.33. The van der Waals surface area contributed by atoms with Crippen LogP contribution in [0.2, 0.25) is 5.02 Å². The molecule has 116 valence electrons. The van der Waals surface area contributed by atoms with Crippen molar-refractivity contribution in [1.29, 1.82) is 0 Å². The van der Waals surface area contributed by atoms with Crippen LogP contribution in [0, 0.1) is 11.7 Å². The largest absolute Gasteiger partial charge is 0.322 e. The summed E-state index contributed by atoms with van der Waals surface area (Å²) in [5.41, 5.74) is 1.43. The fourth-order valence-electron chi connectivity index (χ4n) is 2.57. The Balaban J connectivity index is 2.66. The molecule has 0 aliphatic heterocycles. The van der Waals surface area contributed by atoms with Crippen LogP contribution in [0.25, 0.3) is 11.0 Å². The topological polar surface area (TPSA) is 21.1 Å². The molecule has 0 amide bonds. The first-order valence-corrected chi connectivity index (χ1v) is 7.83. The van der Waals surface area contributed by atoms with Crippen LogP contribution in [0.1, 0.15) is 25.7 Å². The molecule has 0 aliphatic rings. The number of likely N-dealkylation sites (N-methyl/N-ethyl adjacent to an activating group) is 1. The number of imidazole rings is 1. The van der Waals surface area contributed by atoms with E-state index in [1.165, 1.54) is 6.07 Å². The van der Waals surface area contributed by atoms with Gasteiger partial charge in [0.25, 0.3) is 0 Å². The molecule has 21 heavy (non-hydrogen) atoms. The molecule has 3 nitrogen and oxygen atoms in total. The van der Waals surface area contributed by atoms with Gasteiger partial charge in [-0.1, -0.05) is 25.4 Å². The zero-order valence-electron chi connectivity index (χ0n) is 12.7. The molecule has 0 aliphatic carbocycles. The van der Waals surface area contributed by atoms with Crippen molar-refractivity contribution in [1.82, 2.24) is 14.5 Å². The lowest BCUT2D eigenvalue weighted by atomic mass is 10.0. The maximum absolute atomic E-state index is 13.6. The van der Waals surface area contributed by atoms with E-state index in [2.05, 4.69) is 28.3 Å².